The molecule has 0 aliphatic carbocycles. The average Bonchev–Trinajstić information content (AvgIpc) is 2.76. The van der Waals surface area contributed by atoms with Gasteiger partial charge in [-0.3, -0.25) is 9.59 Å². The number of aryl methyl sites for hydroxylation is 1. The largest absolute Gasteiger partial charge is 0.481 e. The van der Waals surface area contributed by atoms with Crippen molar-refractivity contribution in [3.63, 3.8) is 0 Å². The highest BCUT2D eigenvalue weighted by Crippen LogP contribution is 2.07. The maximum atomic E-state index is 11.3. The van der Waals surface area contributed by atoms with Crippen LogP contribution in [0.3, 0.4) is 0 Å². The summed E-state index contributed by atoms with van der Waals surface area (Å²) < 4.78 is 6.91. The van der Waals surface area contributed by atoms with Gasteiger partial charge in [-0.2, -0.15) is 0 Å². The van der Waals surface area contributed by atoms with Crippen molar-refractivity contribution in [1.82, 2.24) is 4.57 Å². The quantitative estimate of drug-likeness (QED) is 0.550. The summed E-state index contributed by atoms with van der Waals surface area (Å²) in [4.78, 5) is 21.6. The Kier molecular flexibility index (Phi) is 6.71. The Bertz CT molecular complexity index is 411. The van der Waals surface area contributed by atoms with Gasteiger partial charge in [0.05, 0.1) is 13.0 Å². The average molecular weight is 267 g/mol. The third kappa shape index (κ3) is 6.64. The van der Waals surface area contributed by atoms with Crippen molar-refractivity contribution >= 4 is 11.9 Å². The molecule has 0 unspecified atom stereocenters. The number of aliphatic carboxylic acids is 1. The molecular weight excluding hydrogens is 246 g/mol. The monoisotopic (exact) mass is 267 g/mol. The smallest absolute Gasteiger partial charge is 0.310 e. The summed E-state index contributed by atoms with van der Waals surface area (Å²) in [7, 11) is 0. The number of rotatable bonds is 9. The van der Waals surface area contributed by atoms with E-state index in [9.17, 15) is 9.59 Å². The van der Waals surface area contributed by atoms with Gasteiger partial charge in [0, 0.05) is 25.4 Å². The van der Waals surface area contributed by atoms with E-state index >= 15 is 0 Å². The molecule has 106 valence electrons. The molecule has 0 radical (unpaired) electrons. The van der Waals surface area contributed by atoms with Gasteiger partial charge in [-0.25, -0.2) is 0 Å². The SMILES string of the molecule is CCOC(=O)Cc1ccn(CCCCCC(=O)O)c1. The number of unbranched alkanes of at least 4 members (excludes halogenated alkanes) is 2. The maximum absolute atomic E-state index is 11.3. The van der Waals surface area contributed by atoms with Crippen LogP contribution in [0, 0.1) is 0 Å². The van der Waals surface area contributed by atoms with Crippen LogP contribution >= 0.6 is 0 Å². The number of carboxylic acids is 1. The summed E-state index contributed by atoms with van der Waals surface area (Å²) in [5.41, 5.74) is 0.948. The Morgan fingerprint density at radius 1 is 1.32 bits per heavy atom. The second kappa shape index (κ2) is 8.34. The van der Waals surface area contributed by atoms with Gasteiger partial charge in [0.25, 0.3) is 0 Å². The van der Waals surface area contributed by atoms with Crippen molar-refractivity contribution in [2.24, 2.45) is 0 Å². The van der Waals surface area contributed by atoms with Crippen LogP contribution in [-0.4, -0.2) is 28.2 Å². The molecule has 0 bridgehead atoms. The Morgan fingerprint density at radius 3 is 2.79 bits per heavy atom. The number of aromatic nitrogens is 1. The molecular formula is C14H21NO4. The van der Waals surface area contributed by atoms with Crippen LogP contribution in [-0.2, 0) is 27.3 Å². The van der Waals surface area contributed by atoms with Gasteiger partial charge in [-0.05, 0) is 31.4 Å². The number of carbonyl (C=O) groups excluding carboxylic acids is 1. The standard InChI is InChI=1S/C14H21NO4/c1-2-19-14(18)10-12-7-9-15(11-12)8-5-3-4-6-13(16)17/h7,9,11H,2-6,8,10H2,1H3,(H,16,17). The van der Waals surface area contributed by atoms with Crippen LogP contribution in [0.15, 0.2) is 18.5 Å². The highest BCUT2D eigenvalue weighted by atomic mass is 16.5. The van der Waals surface area contributed by atoms with Crippen LogP contribution < -0.4 is 0 Å². The minimum absolute atomic E-state index is 0.207. The molecule has 0 aromatic carbocycles. The first kappa shape index (κ1) is 15.3. The minimum Gasteiger partial charge on any atom is -0.481 e. The molecule has 0 spiro atoms. The van der Waals surface area contributed by atoms with E-state index < -0.39 is 5.97 Å². The molecule has 1 aromatic heterocycles. The second-order valence-corrected chi connectivity index (χ2v) is 4.44. The molecule has 0 atom stereocenters. The van der Waals surface area contributed by atoms with Gasteiger partial charge in [-0.1, -0.05) is 6.42 Å². The number of hydrogen-bond donors (Lipinski definition) is 1. The first-order chi connectivity index (χ1) is 9.11. The van der Waals surface area contributed by atoms with E-state index in [1.165, 1.54) is 0 Å². The fourth-order valence-corrected chi connectivity index (χ4v) is 1.86. The molecule has 19 heavy (non-hydrogen) atoms. The van der Waals surface area contributed by atoms with Gasteiger partial charge >= 0.3 is 11.9 Å². The molecule has 0 saturated heterocycles. The fourth-order valence-electron chi connectivity index (χ4n) is 1.86. The predicted octanol–water partition coefficient (Wildman–Crippen LogP) is 2.24. The van der Waals surface area contributed by atoms with Gasteiger partial charge in [-0.15, -0.1) is 0 Å². The lowest BCUT2D eigenvalue weighted by molar-refractivity contribution is -0.142. The molecule has 5 heteroatoms. The maximum Gasteiger partial charge on any atom is 0.310 e. The summed E-state index contributed by atoms with van der Waals surface area (Å²) >= 11 is 0. The topological polar surface area (TPSA) is 68.5 Å². The van der Waals surface area contributed by atoms with Gasteiger partial charge in [0.1, 0.15) is 0 Å². The number of carbonyl (C=O) groups is 2. The lowest BCUT2D eigenvalue weighted by Crippen LogP contribution is -2.06. The normalized spacial score (nSPS) is 10.4. The van der Waals surface area contributed by atoms with E-state index in [1.54, 1.807) is 6.92 Å². The van der Waals surface area contributed by atoms with Gasteiger partial charge < -0.3 is 14.4 Å². The van der Waals surface area contributed by atoms with E-state index in [0.29, 0.717) is 19.4 Å². The van der Waals surface area contributed by atoms with Crippen molar-refractivity contribution in [3.05, 3.63) is 24.0 Å². The first-order valence-corrected chi connectivity index (χ1v) is 6.64. The summed E-state index contributed by atoms with van der Waals surface area (Å²) in [6, 6.07) is 1.91. The fraction of sp³-hybridized carbons (Fsp3) is 0.571. The highest BCUT2D eigenvalue weighted by Gasteiger charge is 2.05. The molecule has 1 aromatic rings. The molecule has 1 heterocycles. The van der Waals surface area contributed by atoms with Crippen molar-refractivity contribution in [3.8, 4) is 0 Å². The first-order valence-electron chi connectivity index (χ1n) is 6.64. The van der Waals surface area contributed by atoms with Crippen LogP contribution in [0.25, 0.3) is 0 Å². The number of esters is 1. The summed E-state index contributed by atoms with van der Waals surface area (Å²) in [6.07, 6.45) is 6.98. The molecule has 1 rings (SSSR count). The van der Waals surface area contributed by atoms with Crippen molar-refractivity contribution in [2.75, 3.05) is 6.61 Å². The Morgan fingerprint density at radius 2 is 2.11 bits per heavy atom. The van der Waals surface area contributed by atoms with Crippen molar-refractivity contribution in [2.45, 2.75) is 45.6 Å². The lowest BCUT2D eigenvalue weighted by atomic mass is 10.2. The lowest BCUT2D eigenvalue weighted by Gasteiger charge is -2.02. The Labute approximate surface area is 113 Å². The Hall–Kier alpha value is -1.78. The molecule has 0 aliphatic heterocycles. The number of hydrogen-bond acceptors (Lipinski definition) is 3. The predicted molar refractivity (Wildman–Crippen MR) is 70.9 cm³/mol. The van der Waals surface area contributed by atoms with E-state index in [4.69, 9.17) is 9.84 Å². The molecule has 5 nitrogen and oxygen atoms in total. The molecule has 0 aliphatic rings. The van der Waals surface area contributed by atoms with Gasteiger partial charge in [0.2, 0.25) is 0 Å². The van der Waals surface area contributed by atoms with Crippen LogP contribution in [0.2, 0.25) is 0 Å². The molecule has 1 N–H and O–H groups in total. The second-order valence-electron chi connectivity index (χ2n) is 4.44. The molecule has 0 fully saturated rings. The third-order valence-corrected chi connectivity index (χ3v) is 2.77. The number of carboxylic acid groups (broad SMARTS) is 1. The van der Waals surface area contributed by atoms with Crippen LogP contribution in [0.4, 0.5) is 0 Å². The zero-order chi connectivity index (χ0) is 14.1. The van der Waals surface area contributed by atoms with Crippen LogP contribution in [0.5, 0.6) is 0 Å². The van der Waals surface area contributed by atoms with Gasteiger partial charge in [0.15, 0.2) is 0 Å². The summed E-state index contributed by atoms with van der Waals surface area (Å²) in [5, 5.41) is 8.51. The van der Waals surface area contributed by atoms with E-state index in [1.807, 2.05) is 23.0 Å². The van der Waals surface area contributed by atoms with Crippen LogP contribution in [0.1, 0.15) is 38.2 Å². The highest BCUT2D eigenvalue weighted by molar-refractivity contribution is 5.72. The molecule has 0 saturated carbocycles. The Balaban J connectivity index is 2.23. The van der Waals surface area contributed by atoms with E-state index in [-0.39, 0.29) is 12.4 Å². The minimum atomic E-state index is -0.738. The van der Waals surface area contributed by atoms with E-state index in [2.05, 4.69) is 0 Å². The van der Waals surface area contributed by atoms with E-state index in [0.717, 1.165) is 24.9 Å². The summed E-state index contributed by atoms with van der Waals surface area (Å²) in [5.74, 6) is -0.945. The zero-order valence-electron chi connectivity index (χ0n) is 11.3. The third-order valence-electron chi connectivity index (χ3n) is 2.77. The number of nitrogens with zero attached hydrogens (tertiary/aromatic N) is 1. The summed E-state index contributed by atoms with van der Waals surface area (Å²) in [6.45, 7) is 3.05. The zero-order valence-corrected chi connectivity index (χ0v) is 11.3. The number of ether oxygens (including phenoxy) is 1. The van der Waals surface area contributed by atoms with Crippen molar-refractivity contribution < 1.29 is 19.4 Å². The molecule has 0 amide bonds. The van der Waals surface area contributed by atoms with Crippen molar-refractivity contribution in [1.29, 1.82) is 0 Å².